The third-order valence-corrected chi connectivity index (χ3v) is 8.41. The molecule has 5 heterocycles. The topological polar surface area (TPSA) is 78.1 Å². The van der Waals surface area contributed by atoms with Crippen LogP contribution in [-0.2, 0) is 11.8 Å². The maximum atomic E-state index is 13.6. The standard InChI is InChI=1S/C31H31FN6O2/c1-19-29(36(2)35-34-19)23-15-27-28(33-16-23)25-9-8-22(31(39)37-17-24(32)18-37)14-26(25)38(27)30(20-6-4-3-5-7-20)21-10-12-40-13-11-21/h3-9,14-16,21,24,30H,10-13,17-18H2,1-2H3/t30-/m1/s1. The van der Waals surface area contributed by atoms with Crippen LogP contribution >= 0.6 is 0 Å². The smallest absolute Gasteiger partial charge is 0.254 e. The van der Waals surface area contributed by atoms with Crippen molar-refractivity contribution in [3.8, 4) is 11.3 Å². The quantitative estimate of drug-likeness (QED) is 0.311. The van der Waals surface area contributed by atoms with E-state index in [4.69, 9.17) is 9.72 Å². The summed E-state index contributed by atoms with van der Waals surface area (Å²) in [5.74, 6) is 0.195. The molecule has 9 heteroatoms. The number of halogens is 1. The highest BCUT2D eigenvalue weighted by Gasteiger charge is 2.33. The lowest BCUT2D eigenvalue weighted by molar-refractivity contribution is 0.0400. The molecular formula is C31H31FN6O2. The molecule has 2 aromatic carbocycles. The lowest BCUT2D eigenvalue weighted by Crippen LogP contribution is -2.51. The molecule has 5 aromatic rings. The fraction of sp³-hybridized carbons (Fsp3) is 0.355. The number of carbonyl (C=O) groups is 1. The van der Waals surface area contributed by atoms with Crippen molar-refractivity contribution in [1.29, 1.82) is 0 Å². The second-order valence-corrected chi connectivity index (χ2v) is 11.0. The first kappa shape index (κ1) is 24.9. The fourth-order valence-electron chi connectivity index (χ4n) is 6.41. The van der Waals surface area contributed by atoms with Crippen molar-refractivity contribution in [2.24, 2.45) is 13.0 Å². The third kappa shape index (κ3) is 4.07. The van der Waals surface area contributed by atoms with E-state index in [1.165, 1.54) is 5.56 Å². The largest absolute Gasteiger partial charge is 0.381 e. The van der Waals surface area contributed by atoms with Crippen LogP contribution in [0.1, 0.15) is 40.5 Å². The van der Waals surface area contributed by atoms with Gasteiger partial charge in [0.2, 0.25) is 0 Å². The minimum absolute atomic E-state index is 0.0116. The van der Waals surface area contributed by atoms with Gasteiger partial charge >= 0.3 is 0 Å². The molecule has 2 fully saturated rings. The SMILES string of the molecule is Cc1nnn(C)c1-c1cnc2c3ccc(C(=O)N4CC(F)C4)cc3n([C@H](c3ccccc3)C3CCOCC3)c2c1. The number of aryl methyl sites for hydroxylation is 2. The molecule has 204 valence electrons. The molecule has 3 aromatic heterocycles. The van der Waals surface area contributed by atoms with E-state index in [1.54, 1.807) is 9.58 Å². The molecule has 2 saturated heterocycles. The Kier molecular flexibility index (Phi) is 6.11. The summed E-state index contributed by atoms with van der Waals surface area (Å²) >= 11 is 0. The summed E-state index contributed by atoms with van der Waals surface area (Å²) < 4.78 is 23.5. The van der Waals surface area contributed by atoms with E-state index in [1.807, 2.05) is 44.4 Å². The molecule has 1 amide bonds. The molecule has 8 nitrogen and oxygen atoms in total. The molecule has 0 N–H and O–H groups in total. The molecular weight excluding hydrogens is 507 g/mol. The van der Waals surface area contributed by atoms with Crippen molar-refractivity contribution < 1.29 is 13.9 Å². The van der Waals surface area contributed by atoms with Crippen LogP contribution in [0.2, 0.25) is 0 Å². The summed E-state index contributed by atoms with van der Waals surface area (Å²) in [6.45, 7) is 3.69. The van der Waals surface area contributed by atoms with Crippen LogP contribution in [0.25, 0.3) is 33.2 Å². The number of pyridine rings is 1. The minimum atomic E-state index is -0.942. The van der Waals surface area contributed by atoms with Crippen molar-refractivity contribution in [2.45, 2.75) is 32.0 Å². The maximum Gasteiger partial charge on any atom is 0.254 e. The van der Waals surface area contributed by atoms with Gasteiger partial charge in [-0.05, 0) is 55.5 Å². The number of hydrogen-bond donors (Lipinski definition) is 0. The number of amides is 1. The van der Waals surface area contributed by atoms with Crippen molar-refractivity contribution in [3.05, 3.63) is 77.6 Å². The average molecular weight is 539 g/mol. The van der Waals surface area contributed by atoms with E-state index in [9.17, 15) is 9.18 Å². The van der Waals surface area contributed by atoms with Gasteiger partial charge in [0.05, 0.1) is 47.1 Å². The van der Waals surface area contributed by atoms with E-state index >= 15 is 0 Å². The minimum Gasteiger partial charge on any atom is -0.381 e. The predicted molar refractivity (Wildman–Crippen MR) is 151 cm³/mol. The van der Waals surface area contributed by atoms with E-state index in [2.05, 4.69) is 45.2 Å². The Labute approximate surface area is 231 Å². The van der Waals surface area contributed by atoms with Gasteiger partial charge in [-0.2, -0.15) is 0 Å². The van der Waals surface area contributed by atoms with Crippen LogP contribution in [0.3, 0.4) is 0 Å². The first-order chi connectivity index (χ1) is 19.5. The third-order valence-electron chi connectivity index (χ3n) is 8.41. The van der Waals surface area contributed by atoms with Gasteiger partial charge in [-0.1, -0.05) is 35.5 Å². The zero-order valence-corrected chi connectivity index (χ0v) is 22.6. The molecule has 0 aliphatic carbocycles. The fourth-order valence-corrected chi connectivity index (χ4v) is 6.41. The Hall–Kier alpha value is -4.11. The van der Waals surface area contributed by atoms with Crippen molar-refractivity contribution in [3.63, 3.8) is 0 Å². The number of ether oxygens (including phenoxy) is 1. The van der Waals surface area contributed by atoms with Gasteiger partial charge in [-0.15, -0.1) is 5.10 Å². The van der Waals surface area contributed by atoms with Crippen LogP contribution in [0, 0.1) is 12.8 Å². The number of benzene rings is 2. The molecule has 7 rings (SSSR count). The number of aromatic nitrogens is 5. The van der Waals surface area contributed by atoms with Crippen LogP contribution in [-0.4, -0.2) is 67.8 Å². The van der Waals surface area contributed by atoms with Crippen LogP contribution in [0.5, 0.6) is 0 Å². The van der Waals surface area contributed by atoms with Gasteiger partial charge in [0, 0.05) is 43.0 Å². The summed E-state index contributed by atoms with van der Waals surface area (Å²) in [4.78, 5) is 19.8. The van der Waals surface area contributed by atoms with E-state index in [-0.39, 0.29) is 25.0 Å². The summed E-state index contributed by atoms with van der Waals surface area (Å²) in [5.41, 5.74) is 7.28. The highest BCUT2D eigenvalue weighted by molar-refractivity contribution is 6.09. The maximum absolute atomic E-state index is 13.6. The molecule has 2 aliphatic heterocycles. The molecule has 0 unspecified atom stereocenters. The molecule has 1 atom stereocenters. The molecule has 2 aliphatic rings. The van der Waals surface area contributed by atoms with Gasteiger partial charge in [-0.3, -0.25) is 9.78 Å². The monoisotopic (exact) mass is 538 g/mol. The normalized spacial score (nSPS) is 17.4. The average Bonchev–Trinajstić information content (AvgIpc) is 3.47. The number of rotatable bonds is 5. The Bertz CT molecular complexity index is 1700. The first-order valence-corrected chi connectivity index (χ1v) is 13.9. The highest BCUT2D eigenvalue weighted by Crippen LogP contribution is 2.41. The van der Waals surface area contributed by atoms with Gasteiger partial charge < -0.3 is 14.2 Å². The molecule has 0 radical (unpaired) electrons. The number of fused-ring (bicyclic) bond motifs is 3. The van der Waals surface area contributed by atoms with Gasteiger partial charge in [-0.25, -0.2) is 9.07 Å². The molecule has 0 spiro atoms. The Morgan fingerprint density at radius 1 is 1.05 bits per heavy atom. The van der Waals surface area contributed by atoms with E-state index in [0.29, 0.717) is 11.5 Å². The molecule has 0 saturated carbocycles. The number of nitrogens with zero attached hydrogens (tertiary/aromatic N) is 6. The Morgan fingerprint density at radius 3 is 2.52 bits per heavy atom. The zero-order valence-electron chi connectivity index (χ0n) is 22.6. The summed E-state index contributed by atoms with van der Waals surface area (Å²) in [5, 5.41) is 9.45. The first-order valence-electron chi connectivity index (χ1n) is 13.9. The van der Waals surface area contributed by atoms with Crippen molar-refractivity contribution >= 4 is 27.8 Å². The van der Waals surface area contributed by atoms with Gasteiger partial charge in [0.1, 0.15) is 6.17 Å². The zero-order chi connectivity index (χ0) is 27.4. The lowest BCUT2D eigenvalue weighted by atomic mass is 9.86. The molecule has 40 heavy (non-hydrogen) atoms. The second-order valence-electron chi connectivity index (χ2n) is 11.0. The van der Waals surface area contributed by atoms with Crippen LogP contribution in [0.4, 0.5) is 4.39 Å². The van der Waals surface area contributed by atoms with Crippen molar-refractivity contribution in [1.82, 2.24) is 29.4 Å². The lowest BCUT2D eigenvalue weighted by Gasteiger charge is -2.34. The van der Waals surface area contributed by atoms with Crippen LogP contribution < -0.4 is 0 Å². The number of alkyl halides is 1. The summed E-state index contributed by atoms with van der Waals surface area (Å²) in [7, 11) is 1.89. The molecule has 0 bridgehead atoms. The summed E-state index contributed by atoms with van der Waals surface area (Å²) in [6.07, 6.45) is 2.80. The predicted octanol–water partition coefficient (Wildman–Crippen LogP) is 5.10. The Morgan fingerprint density at radius 2 is 1.82 bits per heavy atom. The second kappa shape index (κ2) is 9.82. The van der Waals surface area contributed by atoms with E-state index < -0.39 is 6.17 Å². The summed E-state index contributed by atoms with van der Waals surface area (Å²) in [6, 6.07) is 18.5. The highest BCUT2D eigenvalue weighted by atomic mass is 19.1. The van der Waals surface area contributed by atoms with Gasteiger partial charge in [0.25, 0.3) is 5.91 Å². The number of likely N-dealkylation sites (tertiary alicyclic amines) is 1. The Balaban J connectivity index is 1.49. The van der Waals surface area contributed by atoms with Crippen molar-refractivity contribution in [2.75, 3.05) is 26.3 Å². The van der Waals surface area contributed by atoms with Gasteiger partial charge in [0.15, 0.2) is 0 Å². The van der Waals surface area contributed by atoms with Crippen LogP contribution in [0.15, 0.2) is 60.8 Å². The van der Waals surface area contributed by atoms with E-state index in [0.717, 1.165) is 64.9 Å². The number of carbonyl (C=O) groups excluding carboxylic acids is 1. The number of hydrogen-bond acceptors (Lipinski definition) is 5.